The van der Waals surface area contributed by atoms with Crippen molar-refractivity contribution in [1.29, 1.82) is 0 Å². The molecule has 3 rings (SSSR count). The maximum absolute atomic E-state index is 12.6. The van der Waals surface area contributed by atoms with Crippen molar-refractivity contribution < 1.29 is 9.53 Å². The van der Waals surface area contributed by atoms with Crippen LogP contribution in [0.25, 0.3) is 10.9 Å². The molecule has 1 unspecified atom stereocenters. The summed E-state index contributed by atoms with van der Waals surface area (Å²) in [6.07, 6.45) is 1.43. The highest BCUT2D eigenvalue weighted by Crippen LogP contribution is 2.11. The lowest BCUT2D eigenvalue weighted by Crippen LogP contribution is -2.48. The van der Waals surface area contributed by atoms with Crippen LogP contribution in [0.4, 0.5) is 0 Å². The summed E-state index contributed by atoms with van der Waals surface area (Å²) in [5.41, 5.74) is 1.43. The van der Waals surface area contributed by atoms with Crippen LogP contribution in [0.2, 0.25) is 0 Å². The van der Waals surface area contributed by atoms with E-state index in [9.17, 15) is 9.59 Å². The summed E-state index contributed by atoms with van der Waals surface area (Å²) in [6.45, 7) is 10.2. The molecule has 1 N–H and O–H groups in total. The Bertz CT molecular complexity index is 862. The second-order valence-corrected chi connectivity index (χ2v) is 7.60. The van der Waals surface area contributed by atoms with Crippen molar-refractivity contribution in [2.24, 2.45) is 5.92 Å². The summed E-state index contributed by atoms with van der Waals surface area (Å²) in [7, 11) is 0. The summed E-state index contributed by atoms with van der Waals surface area (Å²) in [4.78, 5) is 31.6. The van der Waals surface area contributed by atoms with Gasteiger partial charge in [-0.3, -0.25) is 19.1 Å². The molecule has 0 spiro atoms. The van der Waals surface area contributed by atoms with Crippen LogP contribution in [0.15, 0.2) is 29.3 Å². The minimum Gasteiger partial charge on any atom is -0.374 e. The van der Waals surface area contributed by atoms with Crippen molar-refractivity contribution in [3.8, 4) is 0 Å². The highest BCUT2D eigenvalue weighted by Gasteiger charge is 2.21. The number of benzene rings is 1. The Morgan fingerprint density at radius 3 is 3.00 bits per heavy atom. The fraction of sp³-hybridized carbons (Fsp3) is 0.550. The predicted molar refractivity (Wildman–Crippen MR) is 105 cm³/mol. The maximum atomic E-state index is 12.6. The number of hydrogen-bond acceptors (Lipinski definition) is 5. The number of hydrogen-bond donors (Lipinski definition) is 1. The van der Waals surface area contributed by atoms with E-state index in [0.29, 0.717) is 30.0 Å². The first-order chi connectivity index (χ1) is 12.9. The van der Waals surface area contributed by atoms with Gasteiger partial charge in [-0.25, -0.2) is 4.98 Å². The molecule has 1 aliphatic heterocycles. The molecule has 1 aliphatic rings. The summed E-state index contributed by atoms with van der Waals surface area (Å²) in [5.74, 6) is 0.393. The molecule has 7 heteroatoms. The SMILES string of the molecule is Cc1cccc2c(=O)n(CC(=O)NCC3CN(CC(C)C)CCO3)cnc12. The number of carbonyl (C=O) groups excluding carboxylic acids is 1. The molecule has 146 valence electrons. The summed E-state index contributed by atoms with van der Waals surface area (Å²) < 4.78 is 7.10. The van der Waals surface area contributed by atoms with E-state index in [4.69, 9.17) is 4.74 Å². The molecule has 0 aliphatic carbocycles. The molecule has 2 aromatic rings. The van der Waals surface area contributed by atoms with Crippen molar-refractivity contribution in [1.82, 2.24) is 19.8 Å². The Hall–Kier alpha value is -2.25. The van der Waals surface area contributed by atoms with Gasteiger partial charge in [0.1, 0.15) is 6.54 Å². The monoisotopic (exact) mass is 372 g/mol. The number of ether oxygens (including phenoxy) is 1. The highest BCUT2D eigenvalue weighted by atomic mass is 16.5. The number of para-hydroxylation sites is 1. The van der Waals surface area contributed by atoms with Crippen LogP contribution in [-0.4, -0.2) is 59.2 Å². The number of nitrogens with one attached hydrogen (secondary N) is 1. The molecule has 0 radical (unpaired) electrons. The first-order valence-corrected chi connectivity index (χ1v) is 9.49. The number of rotatable bonds is 6. The molecular formula is C20H28N4O3. The lowest BCUT2D eigenvalue weighted by atomic mass is 10.1. The summed E-state index contributed by atoms with van der Waals surface area (Å²) >= 11 is 0. The van der Waals surface area contributed by atoms with Crippen molar-refractivity contribution in [3.63, 3.8) is 0 Å². The number of fused-ring (bicyclic) bond motifs is 1. The molecule has 1 aromatic heterocycles. The standard InChI is InChI=1S/C20H28N4O3/c1-14(2)10-23-7-8-27-16(11-23)9-21-18(25)12-24-13-22-19-15(3)5-4-6-17(19)20(24)26/h4-6,13-14,16H,7-12H2,1-3H3,(H,21,25). The Morgan fingerprint density at radius 1 is 1.41 bits per heavy atom. The van der Waals surface area contributed by atoms with Crippen molar-refractivity contribution in [2.45, 2.75) is 33.4 Å². The number of nitrogens with zero attached hydrogens (tertiary/aromatic N) is 3. The van der Waals surface area contributed by atoms with Crippen LogP contribution in [0.5, 0.6) is 0 Å². The summed E-state index contributed by atoms with van der Waals surface area (Å²) in [6, 6.07) is 5.48. The smallest absolute Gasteiger partial charge is 0.261 e. The third kappa shape index (κ3) is 4.93. The number of aryl methyl sites for hydroxylation is 1. The van der Waals surface area contributed by atoms with E-state index in [2.05, 4.69) is 29.0 Å². The first kappa shape index (κ1) is 19.5. The van der Waals surface area contributed by atoms with Gasteiger partial charge in [0, 0.05) is 26.2 Å². The largest absolute Gasteiger partial charge is 0.374 e. The third-order valence-electron chi connectivity index (χ3n) is 4.74. The molecule has 1 amide bonds. The Kier molecular flexibility index (Phi) is 6.23. The zero-order valence-corrected chi connectivity index (χ0v) is 16.3. The summed E-state index contributed by atoms with van der Waals surface area (Å²) in [5, 5.41) is 3.42. The molecule has 0 bridgehead atoms. The fourth-order valence-corrected chi connectivity index (χ4v) is 3.47. The van der Waals surface area contributed by atoms with Gasteiger partial charge >= 0.3 is 0 Å². The number of amides is 1. The van der Waals surface area contributed by atoms with Crippen LogP contribution in [0.3, 0.4) is 0 Å². The average molecular weight is 372 g/mol. The fourth-order valence-electron chi connectivity index (χ4n) is 3.47. The van der Waals surface area contributed by atoms with E-state index in [1.54, 1.807) is 6.07 Å². The molecule has 1 fully saturated rings. The molecular weight excluding hydrogens is 344 g/mol. The number of aromatic nitrogens is 2. The van der Waals surface area contributed by atoms with Gasteiger partial charge in [-0.1, -0.05) is 26.0 Å². The average Bonchev–Trinajstić information content (AvgIpc) is 2.63. The molecule has 7 nitrogen and oxygen atoms in total. The zero-order valence-electron chi connectivity index (χ0n) is 16.3. The normalized spacial score (nSPS) is 18.1. The van der Waals surface area contributed by atoms with Gasteiger partial charge in [0.2, 0.25) is 5.91 Å². The molecule has 2 heterocycles. The van der Waals surface area contributed by atoms with E-state index < -0.39 is 0 Å². The predicted octanol–water partition coefficient (Wildman–Crippen LogP) is 1.18. The second-order valence-electron chi connectivity index (χ2n) is 7.60. The number of carbonyl (C=O) groups is 1. The molecule has 1 atom stereocenters. The van der Waals surface area contributed by atoms with Gasteiger partial charge in [0.05, 0.1) is 29.9 Å². The van der Waals surface area contributed by atoms with Gasteiger partial charge < -0.3 is 10.1 Å². The highest BCUT2D eigenvalue weighted by molar-refractivity contribution is 5.81. The maximum Gasteiger partial charge on any atom is 0.261 e. The van der Waals surface area contributed by atoms with E-state index in [1.165, 1.54) is 10.9 Å². The minimum atomic E-state index is -0.213. The van der Waals surface area contributed by atoms with Crippen LogP contribution in [0.1, 0.15) is 19.4 Å². The van der Waals surface area contributed by atoms with Crippen molar-refractivity contribution in [2.75, 3.05) is 32.8 Å². The Morgan fingerprint density at radius 2 is 2.22 bits per heavy atom. The quantitative estimate of drug-likeness (QED) is 0.824. The van der Waals surface area contributed by atoms with Gasteiger partial charge in [-0.05, 0) is 24.5 Å². The lowest BCUT2D eigenvalue weighted by Gasteiger charge is -2.33. The lowest BCUT2D eigenvalue weighted by molar-refractivity contribution is -0.123. The molecule has 1 aromatic carbocycles. The van der Waals surface area contributed by atoms with Gasteiger partial charge in [-0.2, -0.15) is 0 Å². The van der Waals surface area contributed by atoms with Crippen molar-refractivity contribution >= 4 is 16.8 Å². The van der Waals surface area contributed by atoms with E-state index in [1.807, 2.05) is 19.1 Å². The second kappa shape index (κ2) is 8.63. The van der Waals surface area contributed by atoms with E-state index in [-0.39, 0.29) is 24.1 Å². The van der Waals surface area contributed by atoms with E-state index >= 15 is 0 Å². The van der Waals surface area contributed by atoms with Crippen molar-refractivity contribution in [3.05, 3.63) is 40.4 Å². The Balaban J connectivity index is 1.57. The first-order valence-electron chi connectivity index (χ1n) is 9.49. The molecule has 27 heavy (non-hydrogen) atoms. The van der Waals surface area contributed by atoms with Gasteiger partial charge in [0.15, 0.2) is 0 Å². The van der Waals surface area contributed by atoms with Crippen LogP contribution < -0.4 is 10.9 Å². The van der Waals surface area contributed by atoms with Crippen LogP contribution in [0, 0.1) is 12.8 Å². The van der Waals surface area contributed by atoms with Crippen LogP contribution in [-0.2, 0) is 16.1 Å². The van der Waals surface area contributed by atoms with E-state index in [0.717, 1.165) is 25.2 Å². The van der Waals surface area contributed by atoms with Crippen LogP contribution >= 0.6 is 0 Å². The van der Waals surface area contributed by atoms with Gasteiger partial charge in [-0.15, -0.1) is 0 Å². The molecule has 1 saturated heterocycles. The number of morpholine rings is 1. The molecule has 0 saturated carbocycles. The Labute approximate surface area is 159 Å². The third-order valence-corrected chi connectivity index (χ3v) is 4.74. The van der Waals surface area contributed by atoms with Gasteiger partial charge in [0.25, 0.3) is 5.56 Å². The minimum absolute atomic E-state index is 0.0180. The topological polar surface area (TPSA) is 76.5 Å². The zero-order chi connectivity index (χ0) is 19.4.